The van der Waals surface area contributed by atoms with E-state index >= 15 is 0 Å². The molecule has 5 nitrogen and oxygen atoms in total. The molecule has 0 bridgehead atoms. The molecule has 2 fully saturated rings. The van der Waals surface area contributed by atoms with Crippen LogP contribution in [0.15, 0.2) is 30.5 Å². The summed E-state index contributed by atoms with van der Waals surface area (Å²) >= 11 is 0. The lowest BCUT2D eigenvalue weighted by atomic mass is 9.99. The van der Waals surface area contributed by atoms with E-state index in [1.165, 1.54) is 6.92 Å². The number of hydrogen-bond donors (Lipinski definition) is 1. The maximum atomic E-state index is 14.8. The molecule has 2 atom stereocenters. The first kappa shape index (κ1) is 21.2. The Balaban J connectivity index is 1.56. The maximum absolute atomic E-state index is 14.8. The molecule has 162 valence electrons. The fourth-order valence-electron chi connectivity index (χ4n) is 4.78. The van der Waals surface area contributed by atoms with Gasteiger partial charge in [0.25, 0.3) is 5.92 Å². The van der Waals surface area contributed by atoms with Crippen LogP contribution in [-0.4, -0.2) is 34.8 Å². The van der Waals surface area contributed by atoms with E-state index < -0.39 is 23.2 Å². The van der Waals surface area contributed by atoms with Crippen molar-refractivity contribution < 1.29 is 13.6 Å². The largest absolute Gasteiger partial charge is 0.354 e. The van der Waals surface area contributed by atoms with Crippen molar-refractivity contribution >= 4 is 17.3 Å². The summed E-state index contributed by atoms with van der Waals surface area (Å²) in [7, 11) is 0. The van der Waals surface area contributed by atoms with Crippen molar-refractivity contribution in [3.63, 3.8) is 0 Å². The van der Waals surface area contributed by atoms with Crippen LogP contribution in [0.3, 0.4) is 0 Å². The number of nitrogens with one attached hydrogen (secondary N) is 1. The minimum absolute atomic E-state index is 0.440. The Morgan fingerprint density at radius 3 is 2.52 bits per heavy atom. The number of nitrogens with zero attached hydrogens (tertiary/aromatic N) is 3. The third-order valence-corrected chi connectivity index (χ3v) is 6.75. The van der Waals surface area contributed by atoms with E-state index in [0.29, 0.717) is 42.0 Å². The Hall–Kier alpha value is -3.01. The molecule has 0 radical (unpaired) electrons. The molecule has 1 saturated heterocycles. The van der Waals surface area contributed by atoms with Gasteiger partial charge in [-0.15, -0.1) is 0 Å². The monoisotopic (exact) mass is 424 g/mol. The molecule has 1 N–H and O–H groups in total. The van der Waals surface area contributed by atoms with Crippen LogP contribution in [0.25, 0.3) is 0 Å². The Kier molecular flexibility index (Phi) is 5.20. The van der Waals surface area contributed by atoms with Gasteiger partial charge in [0.05, 0.1) is 29.1 Å². The molecule has 1 aliphatic carbocycles. The molecule has 2 heterocycles. The Labute approximate surface area is 181 Å². The van der Waals surface area contributed by atoms with E-state index in [4.69, 9.17) is 0 Å². The number of carbonyl (C=O) groups excluding carboxylic acids is 1. The number of hydrogen-bond acceptors (Lipinski definition) is 4. The van der Waals surface area contributed by atoms with Crippen LogP contribution in [0.1, 0.15) is 55.0 Å². The summed E-state index contributed by atoms with van der Waals surface area (Å²) in [5.74, 6) is -4.61. The highest BCUT2D eigenvalue weighted by Crippen LogP contribution is 2.71. The maximum Gasteiger partial charge on any atom is 0.270 e. The molecule has 1 amide bonds. The van der Waals surface area contributed by atoms with E-state index in [-0.39, 0.29) is 0 Å². The Morgan fingerprint density at radius 2 is 1.94 bits per heavy atom. The summed E-state index contributed by atoms with van der Waals surface area (Å²) in [5.41, 5.74) is 2.33. The van der Waals surface area contributed by atoms with Crippen LogP contribution < -0.4 is 5.32 Å². The fourth-order valence-corrected chi connectivity index (χ4v) is 4.78. The highest BCUT2D eigenvalue weighted by atomic mass is 19.3. The molecule has 0 spiro atoms. The first-order chi connectivity index (χ1) is 14.8. The minimum atomic E-state index is -3.06. The van der Waals surface area contributed by atoms with E-state index in [1.54, 1.807) is 42.3 Å². The molecule has 31 heavy (non-hydrogen) atoms. The van der Waals surface area contributed by atoms with Gasteiger partial charge >= 0.3 is 0 Å². The molecule has 1 saturated carbocycles. The molecule has 2 aromatic rings. The first-order valence-corrected chi connectivity index (χ1v) is 10.7. The van der Waals surface area contributed by atoms with Crippen LogP contribution in [0.2, 0.25) is 0 Å². The van der Waals surface area contributed by atoms with Gasteiger partial charge in [-0.2, -0.15) is 5.26 Å². The van der Waals surface area contributed by atoms with Crippen molar-refractivity contribution in [2.24, 2.45) is 5.41 Å². The highest BCUT2D eigenvalue weighted by Gasteiger charge is 2.82. The highest BCUT2D eigenvalue weighted by molar-refractivity contribution is 5.90. The van der Waals surface area contributed by atoms with Gasteiger partial charge in [0.15, 0.2) is 0 Å². The van der Waals surface area contributed by atoms with Crippen molar-refractivity contribution in [1.82, 2.24) is 9.88 Å². The predicted octanol–water partition coefficient (Wildman–Crippen LogP) is 4.93. The smallest absolute Gasteiger partial charge is 0.270 e. The summed E-state index contributed by atoms with van der Waals surface area (Å²) in [6, 6.07) is 8.98. The lowest BCUT2D eigenvalue weighted by molar-refractivity contribution is -0.139. The normalized spacial score (nSPS) is 24.0. The van der Waals surface area contributed by atoms with Crippen molar-refractivity contribution in [2.75, 3.05) is 18.4 Å². The fraction of sp³-hybridized carbons (Fsp3) is 0.458. The number of carbonyl (C=O) groups is 1. The van der Waals surface area contributed by atoms with E-state index in [1.807, 2.05) is 6.92 Å². The Morgan fingerprint density at radius 1 is 1.29 bits per heavy atom. The molecule has 4 rings (SSSR count). The number of anilines is 2. The molecular weight excluding hydrogens is 398 g/mol. The third kappa shape index (κ3) is 3.25. The molecule has 1 aromatic carbocycles. The van der Waals surface area contributed by atoms with Crippen LogP contribution in [-0.2, 0) is 11.2 Å². The summed E-state index contributed by atoms with van der Waals surface area (Å²) in [4.78, 5) is 18.7. The molecule has 2 unspecified atom stereocenters. The topological polar surface area (TPSA) is 69.0 Å². The van der Waals surface area contributed by atoms with Gasteiger partial charge in [-0.1, -0.05) is 19.1 Å². The second-order valence-corrected chi connectivity index (χ2v) is 8.58. The number of benzene rings is 1. The predicted molar refractivity (Wildman–Crippen MR) is 114 cm³/mol. The number of rotatable bonds is 5. The second-order valence-electron chi connectivity index (χ2n) is 8.58. The minimum Gasteiger partial charge on any atom is -0.354 e. The lowest BCUT2D eigenvalue weighted by Gasteiger charge is -2.20. The van der Waals surface area contributed by atoms with Crippen molar-refractivity contribution in [1.29, 1.82) is 5.26 Å². The number of halogens is 2. The number of amides is 1. The quantitative estimate of drug-likeness (QED) is 0.739. The zero-order valence-corrected chi connectivity index (χ0v) is 18.0. The van der Waals surface area contributed by atoms with Crippen LogP contribution in [0, 0.1) is 23.7 Å². The van der Waals surface area contributed by atoms with Crippen molar-refractivity contribution in [3.8, 4) is 6.07 Å². The summed E-state index contributed by atoms with van der Waals surface area (Å²) < 4.78 is 29.6. The van der Waals surface area contributed by atoms with E-state index in [2.05, 4.69) is 16.4 Å². The summed E-state index contributed by atoms with van der Waals surface area (Å²) in [5, 5.41) is 12.7. The van der Waals surface area contributed by atoms with Gasteiger partial charge in [0.1, 0.15) is 11.5 Å². The molecule has 7 heteroatoms. The van der Waals surface area contributed by atoms with E-state index in [0.717, 1.165) is 24.1 Å². The van der Waals surface area contributed by atoms with Gasteiger partial charge < -0.3 is 10.2 Å². The number of likely N-dealkylation sites (tertiary alicyclic amines) is 1. The summed E-state index contributed by atoms with van der Waals surface area (Å²) in [6.45, 7) is 6.29. The molecular formula is C24H26F2N4O. The SMILES string of the molecule is CCc1c(Nc2ccc(C3C(F)(F)C3(C)C(=O)N3CCCC3)cc2)cnc(C)c1C#N. The average molecular weight is 424 g/mol. The average Bonchev–Trinajstić information content (AvgIpc) is 3.11. The molecule has 2 aliphatic rings. The standard InChI is InChI=1S/C24H26F2N4O/c1-4-18-19(13-27)15(2)28-14-20(18)29-17-9-7-16(8-10-17)21-23(3,24(21,25)26)22(31)30-11-5-6-12-30/h7-10,14,21,29H,4-6,11-12H2,1-3H3. The number of alkyl halides is 2. The van der Waals surface area contributed by atoms with Gasteiger partial charge in [-0.25, -0.2) is 8.78 Å². The summed E-state index contributed by atoms with van der Waals surface area (Å²) in [6.07, 6.45) is 4.10. The zero-order chi connectivity index (χ0) is 22.4. The lowest BCUT2D eigenvalue weighted by Crippen LogP contribution is -2.36. The number of aromatic nitrogens is 1. The Bertz CT molecular complexity index is 1050. The second kappa shape index (κ2) is 7.60. The van der Waals surface area contributed by atoms with Crippen LogP contribution in [0.4, 0.5) is 20.2 Å². The number of aryl methyl sites for hydroxylation is 1. The van der Waals surface area contributed by atoms with Gasteiger partial charge in [-0.3, -0.25) is 9.78 Å². The number of pyridine rings is 1. The zero-order valence-electron chi connectivity index (χ0n) is 18.0. The third-order valence-electron chi connectivity index (χ3n) is 6.75. The molecule has 1 aliphatic heterocycles. The van der Waals surface area contributed by atoms with Crippen molar-refractivity contribution in [3.05, 3.63) is 52.8 Å². The van der Waals surface area contributed by atoms with Gasteiger partial charge in [0.2, 0.25) is 5.91 Å². The van der Waals surface area contributed by atoms with Crippen molar-refractivity contribution in [2.45, 2.75) is 51.9 Å². The first-order valence-electron chi connectivity index (χ1n) is 10.7. The van der Waals surface area contributed by atoms with E-state index in [9.17, 15) is 18.8 Å². The van der Waals surface area contributed by atoms with Gasteiger partial charge in [-0.05, 0) is 56.4 Å². The van der Waals surface area contributed by atoms with Gasteiger partial charge in [0, 0.05) is 18.8 Å². The number of nitriles is 1. The molecule has 1 aromatic heterocycles. The van der Waals surface area contributed by atoms with Crippen LogP contribution >= 0.6 is 0 Å². The van der Waals surface area contributed by atoms with Crippen LogP contribution in [0.5, 0.6) is 0 Å².